The molecule has 1 aliphatic heterocycles. The fraction of sp³-hybridized carbons (Fsp3) is 0.400. The molecule has 1 aromatic carbocycles. The Morgan fingerprint density at radius 2 is 2.00 bits per heavy atom. The largest absolute Gasteiger partial charge is 0.368 e. The van der Waals surface area contributed by atoms with Crippen LogP contribution in [0.4, 0.5) is 15.6 Å². The summed E-state index contributed by atoms with van der Waals surface area (Å²) in [6, 6.07) is 6.27. The number of piperazine rings is 1. The van der Waals surface area contributed by atoms with Crippen LogP contribution in [0.5, 0.6) is 0 Å². The van der Waals surface area contributed by atoms with Crippen LogP contribution >= 0.6 is 11.3 Å². The van der Waals surface area contributed by atoms with E-state index >= 15 is 0 Å². The van der Waals surface area contributed by atoms with Gasteiger partial charge in [0.2, 0.25) is 5.13 Å². The number of hydrogen-bond acceptors (Lipinski definition) is 5. The Morgan fingerprint density at radius 3 is 2.68 bits per heavy atom. The minimum Gasteiger partial charge on any atom is -0.368 e. The molecule has 1 fully saturated rings. The standard InChI is InChI=1S/C15H19N5OS/c1-11-4-3-5-13(12(11)2)19-6-8-20(9-7-19)15(21)17-14-18-16-10-22-14/h3-5,10H,6-9H2,1-2H3,(H,17,18,21). The smallest absolute Gasteiger partial charge is 0.323 e. The van der Waals surface area contributed by atoms with Gasteiger partial charge in [0.05, 0.1) is 0 Å². The normalized spacial score (nSPS) is 15.0. The molecule has 0 saturated carbocycles. The molecule has 1 aromatic heterocycles. The van der Waals surface area contributed by atoms with Crippen molar-refractivity contribution in [3.63, 3.8) is 0 Å². The predicted molar refractivity (Wildman–Crippen MR) is 88.6 cm³/mol. The van der Waals surface area contributed by atoms with Crippen LogP contribution in [0.15, 0.2) is 23.7 Å². The minimum absolute atomic E-state index is 0.0997. The van der Waals surface area contributed by atoms with Crippen LogP contribution in [0.3, 0.4) is 0 Å². The Balaban J connectivity index is 1.60. The second kappa shape index (κ2) is 6.31. The number of urea groups is 1. The molecular formula is C15H19N5OS. The van der Waals surface area contributed by atoms with Crippen molar-refractivity contribution in [2.75, 3.05) is 36.4 Å². The van der Waals surface area contributed by atoms with Gasteiger partial charge in [-0.1, -0.05) is 23.5 Å². The van der Waals surface area contributed by atoms with E-state index in [-0.39, 0.29) is 6.03 Å². The van der Waals surface area contributed by atoms with Crippen LogP contribution < -0.4 is 10.2 Å². The molecule has 2 amide bonds. The molecule has 0 bridgehead atoms. The highest BCUT2D eigenvalue weighted by Gasteiger charge is 2.22. The van der Waals surface area contributed by atoms with E-state index in [0.717, 1.165) is 13.1 Å². The Kier molecular flexibility index (Phi) is 4.24. The van der Waals surface area contributed by atoms with Crippen LogP contribution in [0.2, 0.25) is 0 Å². The van der Waals surface area contributed by atoms with Gasteiger partial charge in [-0.3, -0.25) is 5.32 Å². The van der Waals surface area contributed by atoms with Gasteiger partial charge in [-0.15, -0.1) is 10.2 Å². The van der Waals surface area contributed by atoms with E-state index < -0.39 is 0 Å². The molecule has 2 aromatic rings. The second-order valence-corrected chi connectivity index (χ2v) is 6.20. The molecule has 0 unspecified atom stereocenters. The molecule has 1 N–H and O–H groups in total. The molecule has 1 aliphatic rings. The van der Waals surface area contributed by atoms with E-state index in [0.29, 0.717) is 18.2 Å². The van der Waals surface area contributed by atoms with Gasteiger partial charge in [0.25, 0.3) is 0 Å². The zero-order valence-electron chi connectivity index (χ0n) is 12.7. The Bertz CT molecular complexity index is 650. The fourth-order valence-corrected chi connectivity index (χ4v) is 3.06. The summed E-state index contributed by atoms with van der Waals surface area (Å²) < 4.78 is 0. The summed E-state index contributed by atoms with van der Waals surface area (Å²) in [5, 5.41) is 10.9. The predicted octanol–water partition coefficient (Wildman–Crippen LogP) is 2.51. The fourth-order valence-electron chi connectivity index (χ4n) is 2.63. The summed E-state index contributed by atoms with van der Waals surface area (Å²) in [4.78, 5) is 16.3. The van der Waals surface area contributed by atoms with Crippen LogP contribution in [0.1, 0.15) is 11.1 Å². The molecule has 116 valence electrons. The van der Waals surface area contributed by atoms with Crippen molar-refractivity contribution >= 4 is 28.2 Å². The first kappa shape index (κ1) is 14.8. The van der Waals surface area contributed by atoms with E-state index in [9.17, 15) is 4.79 Å². The van der Waals surface area contributed by atoms with Gasteiger partial charge in [0.1, 0.15) is 5.51 Å². The van der Waals surface area contributed by atoms with Crippen molar-refractivity contribution in [1.29, 1.82) is 0 Å². The van der Waals surface area contributed by atoms with Crippen molar-refractivity contribution in [1.82, 2.24) is 15.1 Å². The summed E-state index contributed by atoms with van der Waals surface area (Å²) in [7, 11) is 0. The number of hydrogen-bond donors (Lipinski definition) is 1. The molecule has 22 heavy (non-hydrogen) atoms. The van der Waals surface area contributed by atoms with Crippen LogP contribution in [-0.4, -0.2) is 47.3 Å². The lowest BCUT2D eigenvalue weighted by molar-refractivity contribution is 0.208. The topological polar surface area (TPSA) is 61.4 Å². The average Bonchev–Trinajstić information content (AvgIpc) is 3.03. The number of carbonyl (C=O) groups excluding carboxylic acids is 1. The van der Waals surface area contributed by atoms with Crippen LogP contribution in [-0.2, 0) is 0 Å². The van der Waals surface area contributed by atoms with Crippen molar-refractivity contribution in [2.24, 2.45) is 0 Å². The first-order valence-corrected chi connectivity index (χ1v) is 8.16. The summed E-state index contributed by atoms with van der Waals surface area (Å²) in [5.74, 6) is 0. The Hall–Kier alpha value is -2.15. The molecule has 0 radical (unpaired) electrons. The third kappa shape index (κ3) is 3.04. The highest BCUT2D eigenvalue weighted by Crippen LogP contribution is 2.24. The number of nitrogens with zero attached hydrogens (tertiary/aromatic N) is 4. The number of aromatic nitrogens is 2. The number of carbonyl (C=O) groups is 1. The van der Waals surface area contributed by atoms with Gasteiger partial charge in [0, 0.05) is 31.9 Å². The van der Waals surface area contributed by atoms with E-state index in [1.54, 1.807) is 5.51 Å². The molecule has 6 nitrogen and oxygen atoms in total. The number of anilines is 2. The maximum absolute atomic E-state index is 12.2. The maximum Gasteiger partial charge on any atom is 0.323 e. The molecule has 7 heteroatoms. The molecule has 0 atom stereocenters. The van der Waals surface area contributed by atoms with Gasteiger partial charge in [0.15, 0.2) is 0 Å². The van der Waals surface area contributed by atoms with Gasteiger partial charge >= 0.3 is 6.03 Å². The first-order chi connectivity index (χ1) is 10.6. The monoisotopic (exact) mass is 317 g/mol. The van der Waals surface area contributed by atoms with Crippen molar-refractivity contribution in [3.8, 4) is 0 Å². The Labute approximate surface area is 133 Å². The first-order valence-electron chi connectivity index (χ1n) is 7.28. The maximum atomic E-state index is 12.2. The van der Waals surface area contributed by atoms with Gasteiger partial charge in [-0.05, 0) is 31.0 Å². The van der Waals surface area contributed by atoms with E-state index in [4.69, 9.17) is 0 Å². The molecule has 3 rings (SSSR count). The van der Waals surface area contributed by atoms with Gasteiger partial charge in [-0.2, -0.15) is 0 Å². The number of benzene rings is 1. The third-order valence-corrected chi connectivity index (χ3v) is 4.66. The zero-order chi connectivity index (χ0) is 15.5. The van der Waals surface area contributed by atoms with Crippen LogP contribution in [0, 0.1) is 13.8 Å². The lowest BCUT2D eigenvalue weighted by Gasteiger charge is -2.36. The minimum atomic E-state index is -0.0997. The summed E-state index contributed by atoms with van der Waals surface area (Å²) in [6.07, 6.45) is 0. The molecular weight excluding hydrogens is 298 g/mol. The summed E-state index contributed by atoms with van der Waals surface area (Å²) in [5.41, 5.74) is 5.49. The third-order valence-electron chi connectivity index (χ3n) is 4.06. The summed E-state index contributed by atoms with van der Waals surface area (Å²) in [6.45, 7) is 7.38. The number of rotatable bonds is 2. The number of amides is 2. The van der Waals surface area contributed by atoms with Crippen LogP contribution in [0.25, 0.3) is 0 Å². The lowest BCUT2D eigenvalue weighted by Crippen LogP contribution is -2.50. The van der Waals surface area contributed by atoms with E-state index in [1.165, 1.54) is 28.2 Å². The highest BCUT2D eigenvalue weighted by atomic mass is 32.1. The number of aryl methyl sites for hydroxylation is 1. The molecule has 0 aliphatic carbocycles. The Morgan fingerprint density at radius 1 is 1.23 bits per heavy atom. The zero-order valence-corrected chi connectivity index (χ0v) is 13.6. The van der Waals surface area contributed by atoms with Crippen molar-refractivity contribution in [3.05, 3.63) is 34.8 Å². The summed E-state index contributed by atoms with van der Waals surface area (Å²) >= 11 is 1.32. The molecule has 2 heterocycles. The molecule has 1 saturated heterocycles. The van der Waals surface area contributed by atoms with Gasteiger partial charge < -0.3 is 9.80 Å². The van der Waals surface area contributed by atoms with E-state index in [1.807, 2.05) is 4.90 Å². The highest BCUT2D eigenvalue weighted by molar-refractivity contribution is 7.13. The van der Waals surface area contributed by atoms with Crippen molar-refractivity contribution < 1.29 is 4.79 Å². The SMILES string of the molecule is Cc1cccc(N2CCN(C(=O)Nc3nncs3)CC2)c1C. The van der Waals surface area contributed by atoms with E-state index in [2.05, 4.69) is 52.5 Å². The molecule has 0 spiro atoms. The second-order valence-electron chi connectivity index (χ2n) is 5.37. The van der Waals surface area contributed by atoms with Crippen molar-refractivity contribution in [2.45, 2.75) is 13.8 Å². The number of nitrogens with one attached hydrogen (secondary N) is 1. The lowest BCUT2D eigenvalue weighted by atomic mass is 10.1. The van der Waals surface area contributed by atoms with Gasteiger partial charge in [-0.25, -0.2) is 4.79 Å². The quantitative estimate of drug-likeness (QED) is 0.924. The average molecular weight is 317 g/mol.